The standard InChI is InChI=1S/C14H12N4O2/c19-13(17-12-4-2-1-3-5-12)14(20)18-16-10-11-6-8-15-9-7-11/h1-10H,(H,17,19)(H,18,20)/b16-10+. The fraction of sp³-hybridized carbons (Fsp3) is 0. The summed E-state index contributed by atoms with van der Waals surface area (Å²) in [6.07, 6.45) is 4.63. The molecular weight excluding hydrogens is 256 g/mol. The van der Waals surface area contributed by atoms with Crippen LogP contribution in [-0.4, -0.2) is 23.0 Å². The third-order valence-corrected chi connectivity index (χ3v) is 2.32. The number of rotatable bonds is 3. The molecule has 2 N–H and O–H groups in total. The van der Waals surface area contributed by atoms with Gasteiger partial charge in [0, 0.05) is 18.1 Å². The molecule has 0 fully saturated rings. The van der Waals surface area contributed by atoms with Crippen molar-refractivity contribution in [1.82, 2.24) is 10.4 Å². The van der Waals surface area contributed by atoms with Gasteiger partial charge in [0.2, 0.25) is 0 Å². The molecule has 2 aromatic rings. The van der Waals surface area contributed by atoms with Crippen LogP contribution in [0.4, 0.5) is 5.69 Å². The Labute approximate surface area is 115 Å². The zero-order valence-electron chi connectivity index (χ0n) is 10.5. The third-order valence-electron chi connectivity index (χ3n) is 2.32. The zero-order valence-corrected chi connectivity index (χ0v) is 10.5. The Kier molecular flexibility index (Phi) is 4.55. The molecule has 6 heteroatoms. The van der Waals surface area contributed by atoms with Gasteiger partial charge >= 0.3 is 11.8 Å². The first-order valence-corrected chi connectivity index (χ1v) is 5.85. The highest BCUT2D eigenvalue weighted by atomic mass is 16.2. The molecule has 0 radical (unpaired) electrons. The van der Waals surface area contributed by atoms with Crippen LogP contribution >= 0.6 is 0 Å². The Hall–Kier alpha value is -3.02. The molecule has 1 heterocycles. The predicted octanol–water partition coefficient (Wildman–Crippen LogP) is 1.17. The van der Waals surface area contributed by atoms with E-state index < -0.39 is 11.8 Å². The van der Waals surface area contributed by atoms with Gasteiger partial charge in [-0.1, -0.05) is 18.2 Å². The van der Waals surface area contributed by atoms with Gasteiger partial charge in [-0.3, -0.25) is 14.6 Å². The molecule has 2 amide bonds. The summed E-state index contributed by atoms with van der Waals surface area (Å²) in [6, 6.07) is 12.1. The maximum atomic E-state index is 11.5. The molecule has 20 heavy (non-hydrogen) atoms. The van der Waals surface area contributed by atoms with E-state index >= 15 is 0 Å². The molecule has 0 bridgehead atoms. The van der Waals surface area contributed by atoms with E-state index in [1.54, 1.807) is 48.8 Å². The van der Waals surface area contributed by atoms with Gasteiger partial charge in [0.15, 0.2) is 0 Å². The van der Waals surface area contributed by atoms with Crippen molar-refractivity contribution in [2.24, 2.45) is 5.10 Å². The molecule has 1 aromatic carbocycles. The molecule has 0 aliphatic heterocycles. The molecule has 1 aromatic heterocycles. The predicted molar refractivity (Wildman–Crippen MR) is 75.0 cm³/mol. The van der Waals surface area contributed by atoms with Crippen LogP contribution in [0.5, 0.6) is 0 Å². The summed E-state index contributed by atoms with van der Waals surface area (Å²) in [5.74, 6) is -1.61. The number of nitrogens with zero attached hydrogens (tertiary/aromatic N) is 2. The first kappa shape index (κ1) is 13.4. The van der Waals surface area contributed by atoms with Crippen molar-refractivity contribution in [2.45, 2.75) is 0 Å². The van der Waals surface area contributed by atoms with E-state index in [-0.39, 0.29) is 0 Å². The van der Waals surface area contributed by atoms with E-state index in [2.05, 4.69) is 20.8 Å². The minimum atomic E-state index is -0.834. The number of para-hydroxylation sites is 1. The summed E-state index contributed by atoms with van der Waals surface area (Å²) in [4.78, 5) is 26.9. The van der Waals surface area contributed by atoms with Crippen molar-refractivity contribution in [3.05, 3.63) is 60.4 Å². The summed E-state index contributed by atoms with van der Waals surface area (Å²) in [6.45, 7) is 0. The number of pyridine rings is 1. The van der Waals surface area contributed by atoms with Gasteiger partial charge < -0.3 is 5.32 Å². The average Bonchev–Trinajstić information content (AvgIpc) is 2.49. The van der Waals surface area contributed by atoms with Crippen molar-refractivity contribution >= 4 is 23.7 Å². The van der Waals surface area contributed by atoms with Crippen molar-refractivity contribution in [3.8, 4) is 0 Å². The van der Waals surface area contributed by atoms with Crippen molar-refractivity contribution in [3.63, 3.8) is 0 Å². The number of carbonyl (C=O) groups is 2. The van der Waals surface area contributed by atoms with Crippen molar-refractivity contribution in [2.75, 3.05) is 5.32 Å². The monoisotopic (exact) mass is 268 g/mol. The van der Waals surface area contributed by atoms with E-state index in [9.17, 15) is 9.59 Å². The second kappa shape index (κ2) is 6.79. The summed E-state index contributed by atoms with van der Waals surface area (Å²) in [7, 11) is 0. The molecule has 0 aliphatic rings. The van der Waals surface area contributed by atoms with Crippen LogP contribution in [-0.2, 0) is 9.59 Å². The van der Waals surface area contributed by atoms with Gasteiger partial charge in [0.05, 0.1) is 6.21 Å². The summed E-state index contributed by atoms with van der Waals surface area (Å²) in [5.41, 5.74) is 3.46. The molecule has 0 aliphatic carbocycles. The number of anilines is 1. The molecule has 6 nitrogen and oxygen atoms in total. The normalized spacial score (nSPS) is 10.2. The number of aromatic nitrogens is 1. The Morgan fingerprint density at radius 2 is 1.70 bits per heavy atom. The first-order chi connectivity index (χ1) is 9.75. The fourth-order valence-corrected chi connectivity index (χ4v) is 1.38. The minimum Gasteiger partial charge on any atom is -0.318 e. The van der Waals surface area contributed by atoms with Gasteiger partial charge in [-0.25, -0.2) is 5.43 Å². The van der Waals surface area contributed by atoms with E-state index in [1.807, 2.05) is 6.07 Å². The smallest absolute Gasteiger partial charge is 0.318 e. The minimum absolute atomic E-state index is 0.547. The highest BCUT2D eigenvalue weighted by Gasteiger charge is 2.12. The second-order valence-corrected chi connectivity index (χ2v) is 3.80. The van der Waals surface area contributed by atoms with Gasteiger partial charge in [-0.2, -0.15) is 5.10 Å². The third kappa shape index (κ3) is 4.02. The van der Waals surface area contributed by atoms with Crippen LogP contribution in [0, 0.1) is 0 Å². The summed E-state index contributed by atoms with van der Waals surface area (Å²) in [5, 5.41) is 6.15. The van der Waals surface area contributed by atoms with Crippen LogP contribution in [0.25, 0.3) is 0 Å². The van der Waals surface area contributed by atoms with Gasteiger partial charge in [-0.05, 0) is 29.8 Å². The molecule has 2 rings (SSSR count). The number of amides is 2. The molecule has 0 saturated heterocycles. The lowest BCUT2D eigenvalue weighted by atomic mass is 10.3. The molecule has 0 atom stereocenters. The van der Waals surface area contributed by atoms with Crippen LogP contribution in [0.1, 0.15) is 5.56 Å². The Morgan fingerprint density at radius 1 is 1.00 bits per heavy atom. The van der Waals surface area contributed by atoms with Crippen LogP contribution in [0.15, 0.2) is 60.0 Å². The van der Waals surface area contributed by atoms with E-state index in [4.69, 9.17) is 0 Å². The van der Waals surface area contributed by atoms with Crippen molar-refractivity contribution in [1.29, 1.82) is 0 Å². The number of carbonyl (C=O) groups excluding carboxylic acids is 2. The van der Waals surface area contributed by atoms with Crippen LogP contribution in [0.2, 0.25) is 0 Å². The molecular formula is C14H12N4O2. The van der Waals surface area contributed by atoms with Gasteiger partial charge in [0.1, 0.15) is 0 Å². The lowest BCUT2D eigenvalue weighted by Gasteiger charge is -2.02. The van der Waals surface area contributed by atoms with Gasteiger partial charge in [-0.15, -0.1) is 0 Å². The van der Waals surface area contributed by atoms with E-state index in [0.29, 0.717) is 5.69 Å². The number of hydrogen-bond donors (Lipinski definition) is 2. The van der Waals surface area contributed by atoms with Gasteiger partial charge in [0.25, 0.3) is 0 Å². The fourth-order valence-electron chi connectivity index (χ4n) is 1.38. The average molecular weight is 268 g/mol. The zero-order chi connectivity index (χ0) is 14.2. The first-order valence-electron chi connectivity index (χ1n) is 5.85. The SMILES string of the molecule is O=C(N/N=C/c1ccncc1)C(=O)Nc1ccccc1. The Bertz CT molecular complexity index is 612. The largest absolute Gasteiger partial charge is 0.329 e. The maximum absolute atomic E-state index is 11.5. The summed E-state index contributed by atoms with van der Waals surface area (Å²) < 4.78 is 0. The highest BCUT2D eigenvalue weighted by molar-refractivity contribution is 6.39. The summed E-state index contributed by atoms with van der Waals surface area (Å²) >= 11 is 0. The lowest BCUT2D eigenvalue weighted by molar-refractivity contribution is -0.136. The van der Waals surface area contributed by atoms with Crippen LogP contribution < -0.4 is 10.7 Å². The molecule has 100 valence electrons. The molecule has 0 unspecified atom stereocenters. The number of benzene rings is 1. The van der Waals surface area contributed by atoms with Crippen molar-refractivity contribution < 1.29 is 9.59 Å². The Balaban J connectivity index is 1.86. The molecule has 0 saturated carbocycles. The van der Waals surface area contributed by atoms with E-state index in [1.165, 1.54) is 6.21 Å². The number of hydrazone groups is 1. The topological polar surface area (TPSA) is 83.5 Å². The lowest BCUT2D eigenvalue weighted by Crippen LogP contribution is -2.32. The number of hydrogen-bond acceptors (Lipinski definition) is 4. The second-order valence-electron chi connectivity index (χ2n) is 3.80. The van der Waals surface area contributed by atoms with E-state index in [0.717, 1.165) is 5.56 Å². The highest BCUT2D eigenvalue weighted by Crippen LogP contribution is 2.04. The Morgan fingerprint density at radius 3 is 2.40 bits per heavy atom. The molecule has 0 spiro atoms. The quantitative estimate of drug-likeness (QED) is 0.498. The maximum Gasteiger partial charge on any atom is 0.329 e. The number of nitrogens with one attached hydrogen (secondary N) is 2. The van der Waals surface area contributed by atoms with Crippen LogP contribution in [0.3, 0.4) is 0 Å².